The first-order chi connectivity index (χ1) is 7.70. The highest BCUT2D eigenvalue weighted by atomic mass is 15.2. The van der Waals surface area contributed by atoms with E-state index in [9.17, 15) is 0 Å². The smallest absolute Gasteiger partial charge is 0.134 e. The maximum Gasteiger partial charge on any atom is 0.134 e. The van der Waals surface area contributed by atoms with Gasteiger partial charge in [0.2, 0.25) is 0 Å². The fraction of sp³-hybridized carbons (Fsp3) is 0.636. The second kappa shape index (κ2) is 4.65. The van der Waals surface area contributed by atoms with Crippen LogP contribution in [0.2, 0.25) is 0 Å². The largest absolute Gasteiger partial charge is 0.383 e. The number of nitrogens with one attached hydrogen (secondary N) is 1. The van der Waals surface area contributed by atoms with Crippen LogP contribution >= 0.6 is 0 Å². The summed E-state index contributed by atoms with van der Waals surface area (Å²) in [5.41, 5.74) is 6.86. The SMILES string of the molecule is CCc1c(N)ncnc1NC1CCN(C)C1. The minimum atomic E-state index is 0.476. The molecule has 88 valence electrons. The van der Waals surface area contributed by atoms with E-state index in [1.807, 2.05) is 0 Å². The molecule has 0 bridgehead atoms. The maximum absolute atomic E-state index is 5.83. The summed E-state index contributed by atoms with van der Waals surface area (Å²) < 4.78 is 0. The van der Waals surface area contributed by atoms with Crippen molar-refractivity contribution in [3.63, 3.8) is 0 Å². The summed E-state index contributed by atoms with van der Waals surface area (Å²) >= 11 is 0. The van der Waals surface area contributed by atoms with Crippen LogP contribution in [0.1, 0.15) is 18.9 Å². The van der Waals surface area contributed by atoms with Gasteiger partial charge in [0.15, 0.2) is 0 Å². The van der Waals surface area contributed by atoms with Crippen LogP contribution in [0, 0.1) is 0 Å². The Kier molecular flexibility index (Phi) is 3.24. The van der Waals surface area contributed by atoms with Crippen molar-refractivity contribution in [3.05, 3.63) is 11.9 Å². The second-order valence-electron chi connectivity index (χ2n) is 4.33. The number of anilines is 2. The van der Waals surface area contributed by atoms with Gasteiger partial charge in [0.25, 0.3) is 0 Å². The molecule has 0 aromatic carbocycles. The summed E-state index contributed by atoms with van der Waals surface area (Å²) in [4.78, 5) is 10.6. The Morgan fingerprint density at radius 3 is 3.00 bits per heavy atom. The average molecular weight is 221 g/mol. The minimum Gasteiger partial charge on any atom is -0.383 e. The van der Waals surface area contributed by atoms with E-state index in [2.05, 4.69) is 34.2 Å². The normalized spacial score (nSPS) is 21.2. The zero-order valence-electron chi connectivity index (χ0n) is 9.90. The lowest BCUT2D eigenvalue weighted by atomic mass is 10.2. The zero-order chi connectivity index (χ0) is 11.5. The van der Waals surface area contributed by atoms with Crippen molar-refractivity contribution in [2.24, 2.45) is 0 Å². The third kappa shape index (κ3) is 2.24. The Balaban J connectivity index is 2.12. The minimum absolute atomic E-state index is 0.476. The van der Waals surface area contributed by atoms with Gasteiger partial charge < -0.3 is 16.0 Å². The highest BCUT2D eigenvalue weighted by Crippen LogP contribution is 2.20. The van der Waals surface area contributed by atoms with Gasteiger partial charge >= 0.3 is 0 Å². The molecule has 1 aromatic heterocycles. The van der Waals surface area contributed by atoms with Gasteiger partial charge in [0, 0.05) is 18.2 Å². The molecule has 5 nitrogen and oxygen atoms in total. The highest BCUT2D eigenvalue weighted by Gasteiger charge is 2.20. The predicted octanol–water partition coefficient (Wildman–Crippen LogP) is 0.737. The number of aromatic nitrogens is 2. The predicted molar refractivity (Wildman–Crippen MR) is 65.3 cm³/mol. The van der Waals surface area contributed by atoms with Gasteiger partial charge in [-0.25, -0.2) is 9.97 Å². The molecular formula is C11H19N5. The summed E-state index contributed by atoms with van der Waals surface area (Å²) in [5.74, 6) is 1.49. The number of nitrogen functional groups attached to an aromatic ring is 1. The standard InChI is InChI=1S/C11H19N5/c1-3-9-10(12)13-7-14-11(9)15-8-4-5-16(2)6-8/h7-8H,3-6H2,1-2H3,(H3,12,13,14,15). The molecule has 1 saturated heterocycles. The van der Waals surface area contributed by atoms with Crippen LogP contribution < -0.4 is 11.1 Å². The molecule has 1 fully saturated rings. The van der Waals surface area contributed by atoms with Crippen molar-refractivity contribution < 1.29 is 0 Å². The van der Waals surface area contributed by atoms with E-state index >= 15 is 0 Å². The van der Waals surface area contributed by atoms with Crippen molar-refractivity contribution in [1.29, 1.82) is 0 Å². The average Bonchev–Trinajstić information content (AvgIpc) is 2.64. The van der Waals surface area contributed by atoms with Crippen LogP contribution in [0.15, 0.2) is 6.33 Å². The van der Waals surface area contributed by atoms with Crippen molar-refractivity contribution in [3.8, 4) is 0 Å². The van der Waals surface area contributed by atoms with Gasteiger partial charge in [-0.2, -0.15) is 0 Å². The van der Waals surface area contributed by atoms with E-state index in [-0.39, 0.29) is 0 Å². The van der Waals surface area contributed by atoms with Crippen molar-refractivity contribution in [2.45, 2.75) is 25.8 Å². The van der Waals surface area contributed by atoms with E-state index in [1.165, 1.54) is 6.33 Å². The number of hydrogen-bond donors (Lipinski definition) is 2. The van der Waals surface area contributed by atoms with Crippen LogP contribution in [0.5, 0.6) is 0 Å². The summed E-state index contributed by atoms with van der Waals surface area (Å²) in [5, 5.41) is 3.46. The third-order valence-electron chi connectivity index (χ3n) is 3.06. The Morgan fingerprint density at radius 2 is 2.38 bits per heavy atom. The van der Waals surface area contributed by atoms with Crippen LogP contribution in [0.25, 0.3) is 0 Å². The van der Waals surface area contributed by atoms with Crippen LogP contribution in [-0.4, -0.2) is 41.0 Å². The molecular weight excluding hydrogens is 202 g/mol. The molecule has 1 unspecified atom stereocenters. The quantitative estimate of drug-likeness (QED) is 0.788. The Labute approximate surface area is 96.1 Å². The molecule has 0 saturated carbocycles. The molecule has 3 N–H and O–H groups in total. The summed E-state index contributed by atoms with van der Waals surface area (Å²) in [6.45, 7) is 4.27. The van der Waals surface area contributed by atoms with E-state index in [4.69, 9.17) is 5.73 Å². The van der Waals surface area contributed by atoms with E-state index in [1.54, 1.807) is 0 Å². The summed E-state index contributed by atoms with van der Waals surface area (Å²) in [6.07, 6.45) is 3.54. The van der Waals surface area contributed by atoms with E-state index in [0.29, 0.717) is 11.9 Å². The zero-order valence-corrected chi connectivity index (χ0v) is 9.90. The van der Waals surface area contributed by atoms with Gasteiger partial charge in [0.05, 0.1) is 0 Å². The molecule has 1 aliphatic rings. The topological polar surface area (TPSA) is 67.1 Å². The van der Waals surface area contributed by atoms with Gasteiger partial charge in [-0.3, -0.25) is 0 Å². The molecule has 0 spiro atoms. The highest BCUT2D eigenvalue weighted by molar-refractivity contribution is 5.55. The van der Waals surface area contributed by atoms with Gasteiger partial charge in [-0.1, -0.05) is 6.92 Å². The summed E-state index contributed by atoms with van der Waals surface area (Å²) in [6, 6.07) is 0.476. The molecule has 1 aromatic rings. The lowest BCUT2D eigenvalue weighted by Crippen LogP contribution is -2.25. The monoisotopic (exact) mass is 221 g/mol. The number of nitrogens with zero attached hydrogens (tertiary/aromatic N) is 3. The first-order valence-corrected chi connectivity index (χ1v) is 5.75. The Morgan fingerprint density at radius 1 is 1.56 bits per heavy atom. The fourth-order valence-electron chi connectivity index (χ4n) is 2.15. The number of likely N-dealkylation sites (tertiary alicyclic amines) is 1. The van der Waals surface area contributed by atoms with Gasteiger partial charge in [-0.15, -0.1) is 0 Å². The third-order valence-corrected chi connectivity index (χ3v) is 3.06. The lowest BCUT2D eigenvalue weighted by molar-refractivity contribution is 0.414. The van der Waals surface area contributed by atoms with Crippen LogP contribution in [0.3, 0.4) is 0 Å². The van der Waals surface area contributed by atoms with Gasteiger partial charge in [0.1, 0.15) is 18.0 Å². The molecule has 2 heterocycles. The molecule has 0 radical (unpaired) electrons. The number of likely N-dealkylation sites (N-methyl/N-ethyl adjacent to an activating group) is 1. The molecule has 16 heavy (non-hydrogen) atoms. The van der Waals surface area contributed by atoms with Crippen molar-refractivity contribution in [2.75, 3.05) is 31.2 Å². The first kappa shape index (κ1) is 11.1. The van der Waals surface area contributed by atoms with E-state index < -0.39 is 0 Å². The Hall–Kier alpha value is -1.36. The Bertz CT molecular complexity index is 365. The molecule has 2 rings (SSSR count). The summed E-state index contributed by atoms with van der Waals surface area (Å²) in [7, 11) is 2.14. The van der Waals surface area contributed by atoms with E-state index in [0.717, 1.165) is 37.3 Å². The number of rotatable bonds is 3. The number of hydrogen-bond acceptors (Lipinski definition) is 5. The first-order valence-electron chi connectivity index (χ1n) is 5.75. The van der Waals surface area contributed by atoms with Gasteiger partial charge in [-0.05, 0) is 26.4 Å². The lowest BCUT2D eigenvalue weighted by Gasteiger charge is -2.16. The molecule has 5 heteroatoms. The van der Waals surface area contributed by atoms with Crippen LogP contribution in [0.4, 0.5) is 11.6 Å². The second-order valence-corrected chi connectivity index (χ2v) is 4.33. The maximum atomic E-state index is 5.83. The number of nitrogens with two attached hydrogens (primary N) is 1. The van der Waals surface area contributed by atoms with Crippen molar-refractivity contribution in [1.82, 2.24) is 14.9 Å². The molecule has 0 amide bonds. The molecule has 0 aliphatic carbocycles. The van der Waals surface area contributed by atoms with Crippen molar-refractivity contribution >= 4 is 11.6 Å². The molecule has 1 aliphatic heterocycles. The fourth-order valence-corrected chi connectivity index (χ4v) is 2.15. The van der Waals surface area contributed by atoms with Crippen LogP contribution in [-0.2, 0) is 6.42 Å². The molecule has 1 atom stereocenters.